The molecule has 0 saturated carbocycles. The standard InChI is InChI=1S/C17H23N3O4S/c1-12-3-4-13(16(23)20-7-9-25-10-8-20)11-14(12)18-17(24)19(2)6-5-15(21)22/h3-4,11H,5-10H2,1-2H3,(H,18,24)(H,21,22). The minimum atomic E-state index is -0.955. The Morgan fingerprint density at radius 3 is 2.60 bits per heavy atom. The SMILES string of the molecule is Cc1ccc(C(=O)N2CCSCC2)cc1NC(=O)N(C)CCC(=O)O. The molecule has 1 aliphatic heterocycles. The summed E-state index contributed by atoms with van der Waals surface area (Å²) in [5.74, 6) is 0.892. The first-order chi connectivity index (χ1) is 11.9. The van der Waals surface area contributed by atoms with Gasteiger partial charge in [0.15, 0.2) is 0 Å². The van der Waals surface area contributed by atoms with Crippen molar-refractivity contribution in [2.75, 3.05) is 43.5 Å². The number of carbonyl (C=O) groups is 3. The number of nitrogens with zero attached hydrogens (tertiary/aromatic N) is 2. The maximum Gasteiger partial charge on any atom is 0.321 e. The van der Waals surface area contributed by atoms with Crippen molar-refractivity contribution < 1.29 is 19.5 Å². The Labute approximate surface area is 151 Å². The van der Waals surface area contributed by atoms with E-state index in [9.17, 15) is 14.4 Å². The first kappa shape index (κ1) is 19.1. The van der Waals surface area contributed by atoms with Crippen LogP contribution in [0, 0.1) is 6.92 Å². The molecule has 1 aliphatic rings. The van der Waals surface area contributed by atoms with Gasteiger partial charge in [0.25, 0.3) is 5.91 Å². The highest BCUT2D eigenvalue weighted by molar-refractivity contribution is 7.99. The molecule has 1 fully saturated rings. The predicted molar refractivity (Wildman–Crippen MR) is 98.3 cm³/mol. The number of aryl methyl sites for hydroxylation is 1. The van der Waals surface area contributed by atoms with Crippen LogP contribution in [0.25, 0.3) is 0 Å². The lowest BCUT2D eigenvalue weighted by atomic mass is 10.1. The number of carboxylic acid groups (broad SMARTS) is 1. The van der Waals surface area contributed by atoms with Crippen LogP contribution in [0.5, 0.6) is 0 Å². The fraction of sp³-hybridized carbons (Fsp3) is 0.471. The molecule has 136 valence electrons. The van der Waals surface area contributed by atoms with Crippen molar-refractivity contribution in [3.63, 3.8) is 0 Å². The summed E-state index contributed by atoms with van der Waals surface area (Å²) in [4.78, 5) is 38.5. The van der Waals surface area contributed by atoms with Crippen LogP contribution in [0.2, 0.25) is 0 Å². The highest BCUT2D eigenvalue weighted by atomic mass is 32.2. The zero-order valence-corrected chi connectivity index (χ0v) is 15.3. The number of urea groups is 1. The van der Waals surface area contributed by atoms with Gasteiger partial charge in [-0.1, -0.05) is 6.07 Å². The second kappa shape index (κ2) is 8.75. The van der Waals surface area contributed by atoms with Gasteiger partial charge in [-0.25, -0.2) is 4.79 Å². The van der Waals surface area contributed by atoms with Gasteiger partial charge in [0.05, 0.1) is 6.42 Å². The minimum Gasteiger partial charge on any atom is -0.481 e. The van der Waals surface area contributed by atoms with Crippen LogP contribution in [-0.2, 0) is 4.79 Å². The first-order valence-corrected chi connectivity index (χ1v) is 9.25. The van der Waals surface area contributed by atoms with Gasteiger partial charge in [0.2, 0.25) is 0 Å². The van der Waals surface area contributed by atoms with Crippen molar-refractivity contribution in [1.82, 2.24) is 9.80 Å². The predicted octanol–water partition coefficient (Wildman–Crippen LogP) is 2.12. The minimum absolute atomic E-state index is 0.0324. The van der Waals surface area contributed by atoms with Crippen molar-refractivity contribution in [3.05, 3.63) is 29.3 Å². The van der Waals surface area contributed by atoms with Crippen LogP contribution in [-0.4, -0.2) is 71.0 Å². The van der Waals surface area contributed by atoms with Gasteiger partial charge in [-0.2, -0.15) is 11.8 Å². The summed E-state index contributed by atoms with van der Waals surface area (Å²) in [6.45, 7) is 3.43. The van der Waals surface area contributed by atoms with Gasteiger partial charge in [0.1, 0.15) is 0 Å². The molecule has 0 aromatic heterocycles. The number of thioether (sulfide) groups is 1. The number of amides is 3. The van der Waals surface area contributed by atoms with Crippen LogP contribution in [0.3, 0.4) is 0 Å². The lowest BCUT2D eigenvalue weighted by molar-refractivity contribution is -0.137. The molecular weight excluding hydrogens is 342 g/mol. The van der Waals surface area contributed by atoms with Crippen LogP contribution < -0.4 is 5.32 Å². The molecular formula is C17H23N3O4S. The number of anilines is 1. The van der Waals surface area contributed by atoms with Gasteiger partial charge in [-0.3, -0.25) is 9.59 Å². The Balaban J connectivity index is 2.06. The highest BCUT2D eigenvalue weighted by Crippen LogP contribution is 2.20. The number of hydrogen-bond donors (Lipinski definition) is 2. The average molecular weight is 365 g/mol. The number of aliphatic carboxylic acids is 1. The molecule has 0 radical (unpaired) electrons. The molecule has 0 atom stereocenters. The molecule has 25 heavy (non-hydrogen) atoms. The first-order valence-electron chi connectivity index (χ1n) is 8.10. The fourth-order valence-corrected chi connectivity index (χ4v) is 3.32. The van der Waals surface area contributed by atoms with Gasteiger partial charge in [-0.15, -0.1) is 0 Å². The van der Waals surface area contributed by atoms with Crippen LogP contribution in [0.4, 0.5) is 10.5 Å². The van der Waals surface area contributed by atoms with E-state index in [1.54, 1.807) is 18.2 Å². The molecule has 1 aromatic rings. The van der Waals surface area contributed by atoms with E-state index in [4.69, 9.17) is 5.11 Å². The summed E-state index contributed by atoms with van der Waals surface area (Å²) in [7, 11) is 1.54. The molecule has 0 bridgehead atoms. The van der Waals surface area contributed by atoms with Gasteiger partial charge >= 0.3 is 12.0 Å². The zero-order valence-electron chi connectivity index (χ0n) is 14.4. The topological polar surface area (TPSA) is 90.0 Å². The average Bonchev–Trinajstić information content (AvgIpc) is 2.61. The van der Waals surface area contributed by atoms with Crippen molar-refractivity contribution in [3.8, 4) is 0 Å². The van der Waals surface area contributed by atoms with Crippen LogP contribution in [0.15, 0.2) is 18.2 Å². The third-order valence-corrected chi connectivity index (χ3v) is 4.97. The number of nitrogens with one attached hydrogen (secondary N) is 1. The fourth-order valence-electron chi connectivity index (χ4n) is 2.41. The van der Waals surface area contributed by atoms with Gasteiger partial charge in [-0.05, 0) is 24.6 Å². The third-order valence-electron chi connectivity index (χ3n) is 4.03. The summed E-state index contributed by atoms with van der Waals surface area (Å²) in [6, 6.07) is 4.85. The van der Waals surface area contributed by atoms with E-state index in [0.717, 1.165) is 30.2 Å². The zero-order chi connectivity index (χ0) is 18.4. The molecule has 2 rings (SSSR count). The normalized spacial score (nSPS) is 14.1. The molecule has 0 spiro atoms. The quantitative estimate of drug-likeness (QED) is 0.834. The maximum atomic E-state index is 12.6. The maximum absolute atomic E-state index is 12.6. The summed E-state index contributed by atoms with van der Waals surface area (Å²) in [5, 5.41) is 11.4. The summed E-state index contributed by atoms with van der Waals surface area (Å²) >= 11 is 1.84. The van der Waals surface area contributed by atoms with E-state index < -0.39 is 12.0 Å². The highest BCUT2D eigenvalue weighted by Gasteiger charge is 2.19. The Morgan fingerprint density at radius 1 is 1.28 bits per heavy atom. The van der Waals surface area contributed by atoms with Crippen LogP contribution in [0.1, 0.15) is 22.3 Å². The molecule has 1 aromatic carbocycles. The van der Waals surface area contributed by atoms with Crippen LogP contribution >= 0.6 is 11.8 Å². The molecule has 1 heterocycles. The summed E-state index contributed by atoms with van der Waals surface area (Å²) < 4.78 is 0. The number of carbonyl (C=O) groups excluding carboxylic acids is 2. The Kier molecular flexibility index (Phi) is 6.69. The molecule has 8 heteroatoms. The number of hydrogen-bond acceptors (Lipinski definition) is 4. The smallest absolute Gasteiger partial charge is 0.321 e. The number of rotatable bonds is 5. The Bertz CT molecular complexity index is 659. The molecule has 1 saturated heterocycles. The Hall–Kier alpha value is -2.22. The van der Waals surface area contributed by atoms with E-state index in [1.807, 2.05) is 23.6 Å². The largest absolute Gasteiger partial charge is 0.481 e. The number of benzene rings is 1. The summed E-state index contributed by atoms with van der Waals surface area (Å²) in [6.07, 6.45) is -0.117. The van der Waals surface area contributed by atoms with E-state index in [0.29, 0.717) is 11.3 Å². The van der Waals surface area contributed by atoms with Crippen molar-refractivity contribution in [2.45, 2.75) is 13.3 Å². The van der Waals surface area contributed by atoms with Gasteiger partial charge < -0.3 is 20.2 Å². The third kappa shape index (κ3) is 5.38. The molecule has 3 amide bonds. The molecule has 2 N–H and O–H groups in total. The van der Waals surface area contributed by atoms with Gasteiger partial charge in [0, 0.05) is 49.4 Å². The van der Waals surface area contributed by atoms with Crippen molar-refractivity contribution >= 4 is 35.4 Å². The van der Waals surface area contributed by atoms with E-state index in [2.05, 4.69) is 5.32 Å². The van der Waals surface area contributed by atoms with Crippen molar-refractivity contribution in [2.24, 2.45) is 0 Å². The number of carboxylic acids is 1. The monoisotopic (exact) mass is 365 g/mol. The Morgan fingerprint density at radius 2 is 1.96 bits per heavy atom. The van der Waals surface area contributed by atoms with E-state index in [-0.39, 0.29) is 18.9 Å². The lowest BCUT2D eigenvalue weighted by Gasteiger charge is -2.26. The van der Waals surface area contributed by atoms with Crippen molar-refractivity contribution in [1.29, 1.82) is 0 Å². The lowest BCUT2D eigenvalue weighted by Crippen LogP contribution is -2.38. The van der Waals surface area contributed by atoms with E-state index >= 15 is 0 Å². The second-order valence-electron chi connectivity index (χ2n) is 5.93. The summed E-state index contributed by atoms with van der Waals surface area (Å²) in [5.41, 5.74) is 1.94. The second-order valence-corrected chi connectivity index (χ2v) is 7.15. The molecule has 0 aliphatic carbocycles. The molecule has 7 nitrogen and oxygen atoms in total. The molecule has 0 unspecified atom stereocenters. The van der Waals surface area contributed by atoms with E-state index in [1.165, 1.54) is 11.9 Å².